The summed E-state index contributed by atoms with van der Waals surface area (Å²) in [4.78, 5) is 2.85. The zero-order valence-electron chi connectivity index (χ0n) is 12.9. The first kappa shape index (κ1) is 15.6. The zero-order chi connectivity index (χ0) is 12.8. The summed E-state index contributed by atoms with van der Waals surface area (Å²) >= 11 is 0. The molecule has 1 aliphatic carbocycles. The van der Waals surface area contributed by atoms with Gasteiger partial charge >= 0.3 is 0 Å². The Morgan fingerprint density at radius 2 is 1.79 bits per heavy atom. The second-order valence-electron chi connectivity index (χ2n) is 8.34. The predicted octanol–water partition coefficient (Wildman–Crippen LogP) is 3.31. The molecule has 3 heteroatoms. The van der Waals surface area contributed by atoms with Crippen LogP contribution in [-0.4, -0.2) is 37.1 Å². The Morgan fingerprint density at radius 1 is 1.11 bits per heavy atom. The van der Waals surface area contributed by atoms with Crippen LogP contribution in [0.25, 0.3) is 0 Å². The largest absolute Gasteiger partial charge is 0.317 e. The molecular formula is C16H31ClN2. The van der Waals surface area contributed by atoms with Crippen LogP contribution in [0.4, 0.5) is 0 Å². The van der Waals surface area contributed by atoms with Crippen molar-refractivity contribution >= 4 is 12.4 Å². The van der Waals surface area contributed by atoms with Crippen molar-refractivity contribution in [2.45, 2.75) is 58.9 Å². The quantitative estimate of drug-likeness (QED) is 0.838. The number of hydrogen-bond acceptors (Lipinski definition) is 2. The first-order valence-corrected chi connectivity index (χ1v) is 7.91. The van der Waals surface area contributed by atoms with Crippen LogP contribution in [0.15, 0.2) is 0 Å². The monoisotopic (exact) mass is 286 g/mol. The minimum Gasteiger partial charge on any atom is -0.317 e. The maximum absolute atomic E-state index is 3.49. The Bertz CT molecular complexity index is 312. The van der Waals surface area contributed by atoms with Crippen LogP contribution in [0, 0.1) is 16.7 Å². The van der Waals surface area contributed by atoms with Crippen LogP contribution in [0.5, 0.6) is 0 Å². The number of fused-ring (bicyclic) bond motifs is 2. The molecule has 1 N–H and O–H groups in total. The molecule has 2 saturated heterocycles. The molecule has 1 saturated carbocycles. The summed E-state index contributed by atoms with van der Waals surface area (Å²) in [5.41, 5.74) is 1.18. The molecule has 3 rings (SSSR count). The number of rotatable bonds is 2. The van der Waals surface area contributed by atoms with Crippen LogP contribution in [-0.2, 0) is 0 Å². The smallest absolute Gasteiger partial charge is 0.0106 e. The number of halogens is 1. The van der Waals surface area contributed by atoms with Crippen LogP contribution in [0.2, 0.25) is 0 Å². The van der Waals surface area contributed by atoms with Crippen LogP contribution >= 0.6 is 12.4 Å². The highest BCUT2D eigenvalue weighted by molar-refractivity contribution is 5.85. The molecule has 0 aromatic heterocycles. The van der Waals surface area contributed by atoms with Crippen molar-refractivity contribution in [3.63, 3.8) is 0 Å². The highest BCUT2D eigenvalue weighted by Crippen LogP contribution is 2.52. The second kappa shape index (κ2) is 5.54. The molecular weight excluding hydrogens is 256 g/mol. The topological polar surface area (TPSA) is 15.3 Å². The van der Waals surface area contributed by atoms with Crippen molar-refractivity contribution in [2.24, 2.45) is 16.7 Å². The fourth-order valence-electron chi connectivity index (χ4n) is 5.19. The van der Waals surface area contributed by atoms with Gasteiger partial charge in [-0.05, 0) is 61.9 Å². The van der Waals surface area contributed by atoms with Gasteiger partial charge in [0.2, 0.25) is 0 Å². The highest BCUT2D eigenvalue weighted by Gasteiger charge is 2.49. The van der Waals surface area contributed by atoms with Crippen molar-refractivity contribution in [3.8, 4) is 0 Å². The van der Waals surface area contributed by atoms with Gasteiger partial charge in [0.15, 0.2) is 0 Å². The standard InChI is InChI=1S/C16H30N2.ClH/c1-15(2)8-14-9-16(3,11-15)12-18(14)10-13-4-6-17-7-5-13;/h13-14,17H,4-12H2,1-3H3;1H. The molecule has 19 heavy (non-hydrogen) atoms. The Hall–Kier alpha value is 0.210. The van der Waals surface area contributed by atoms with Crippen LogP contribution in [0.3, 0.4) is 0 Å². The van der Waals surface area contributed by atoms with Crippen LogP contribution in [0.1, 0.15) is 52.9 Å². The molecule has 2 nitrogen and oxygen atoms in total. The zero-order valence-corrected chi connectivity index (χ0v) is 13.7. The number of hydrogen-bond donors (Lipinski definition) is 1. The van der Waals surface area contributed by atoms with Gasteiger partial charge in [0.05, 0.1) is 0 Å². The van der Waals surface area contributed by atoms with E-state index in [1.54, 1.807) is 0 Å². The number of nitrogens with one attached hydrogen (secondary N) is 1. The summed E-state index contributed by atoms with van der Waals surface area (Å²) in [6.45, 7) is 12.7. The Kier molecular flexibility index (Phi) is 4.55. The SMILES string of the molecule is CC1(C)CC2CC(C)(CN2CC2CCNCC2)C1.Cl. The van der Waals surface area contributed by atoms with E-state index in [9.17, 15) is 0 Å². The molecule has 0 aromatic rings. The van der Waals surface area contributed by atoms with Crippen molar-refractivity contribution in [1.82, 2.24) is 10.2 Å². The first-order valence-electron chi connectivity index (χ1n) is 7.91. The molecule has 2 atom stereocenters. The van der Waals surface area contributed by atoms with Crippen molar-refractivity contribution in [1.29, 1.82) is 0 Å². The Balaban J connectivity index is 0.00000133. The van der Waals surface area contributed by atoms with E-state index < -0.39 is 0 Å². The van der Waals surface area contributed by atoms with Gasteiger partial charge in [0.25, 0.3) is 0 Å². The van der Waals surface area contributed by atoms with Gasteiger partial charge in [-0.15, -0.1) is 12.4 Å². The van der Waals surface area contributed by atoms with Gasteiger partial charge in [0, 0.05) is 19.1 Å². The van der Waals surface area contributed by atoms with E-state index in [0.717, 1.165) is 12.0 Å². The lowest BCUT2D eigenvalue weighted by Gasteiger charge is -2.40. The summed E-state index contributed by atoms with van der Waals surface area (Å²) in [6.07, 6.45) is 7.10. The minimum atomic E-state index is 0. The molecule has 2 heterocycles. The molecule has 0 amide bonds. The summed E-state index contributed by atoms with van der Waals surface area (Å²) in [7, 11) is 0. The van der Waals surface area contributed by atoms with E-state index in [0.29, 0.717) is 10.8 Å². The first-order chi connectivity index (χ1) is 8.46. The van der Waals surface area contributed by atoms with E-state index in [4.69, 9.17) is 0 Å². The normalized spacial score (nSPS) is 39.0. The molecule has 0 radical (unpaired) electrons. The van der Waals surface area contributed by atoms with Crippen LogP contribution < -0.4 is 5.32 Å². The molecule has 2 bridgehead atoms. The summed E-state index contributed by atoms with van der Waals surface area (Å²) < 4.78 is 0. The third kappa shape index (κ3) is 3.46. The summed E-state index contributed by atoms with van der Waals surface area (Å²) in [5, 5.41) is 3.49. The lowest BCUT2D eigenvalue weighted by atomic mass is 9.65. The molecule has 3 fully saturated rings. The number of nitrogens with zero attached hydrogens (tertiary/aromatic N) is 1. The van der Waals surface area contributed by atoms with Gasteiger partial charge in [-0.25, -0.2) is 0 Å². The van der Waals surface area contributed by atoms with E-state index >= 15 is 0 Å². The maximum Gasteiger partial charge on any atom is 0.0106 e. The van der Waals surface area contributed by atoms with Gasteiger partial charge in [0.1, 0.15) is 0 Å². The Labute approximate surface area is 125 Å². The third-order valence-corrected chi connectivity index (χ3v) is 5.47. The van der Waals surface area contributed by atoms with Gasteiger partial charge in [-0.1, -0.05) is 20.8 Å². The van der Waals surface area contributed by atoms with E-state index in [-0.39, 0.29) is 12.4 Å². The molecule has 2 unspecified atom stereocenters. The number of piperidine rings is 1. The second-order valence-corrected chi connectivity index (χ2v) is 8.34. The summed E-state index contributed by atoms with van der Waals surface area (Å²) in [6, 6.07) is 0.883. The minimum absolute atomic E-state index is 0. The lowest BCUT2D eigenvalue weighted by molar-refractivity contribution is 0.122. The van der Waals surface area contributed by atoms with Crippen molar-refractivity contribution in [2.75, 3.05) is 26.2 Å². The average Bonchev–Trinajstić information content (AvgIpc) is 2.49. The highest BCUT2D eigenvalue weighted by atomic mass is 35.5. The van der Waals surface area contributed by atoms with Crippen molar-refractivity contribution < 1.29 is 0 Å². The van der Waals surface area contributed by atoms with E-state index in [1.807, 2.05) is 0 Å². The van der Waals surface area contributed by atoms with Gasteiger partial charge in [-0.3, -0.25) is 4.90 Å². The van der Waals surface area contributed by atoms with Crippen molar-refractivity contribution in [3.05, 3.63) is 0 Å². The molecule has 0 aromatic carbocycles. The fourth-order valence-corrected chi connectivity index (χ4v) is 5.19. The lowest BCUT2D eigenvalue weighted by Crippen LogP contribution is -2.39. The summed E-state index contributed by atoms with van der Waals surface area (Å²) in [5.74, 6) is 0.956. The molecule has 0 spiro atoms. The Morgan fingerprint density at radius 3 is 2.47 bits per heavy atom. The molecule has 3 aliphatic rings. The third-order valence-electron chi connectivity index (χ3n) is 5.47. The fraction of sp³-hybridized carbons (Fsp3) is 1.00. The maximum atomic E-state index is 3.49. The average molecular weight is 287 g/mol. The predicted molar refractivity (Wildman–Crippen MR) is 83.9 cm³/mol. The number of likely N-dealkylation sites (tertiary alicyclic amines) is 1. The van der Waals surface area contributed by atoms with E-state index in [2.05, 4.69) is 31.0 Å². The molecule has 112 valence electrons. The molecule has 2 aliphatic heterocycles. The van der Waals surface area contributed by atoms with E-state index in [1.165, 1.54) is 58.3 Å². The van der Waals surface area contributed by atoms with Gasteiger partial charge in [-0.2, -0.15) is 0 Å². The van der Waals surface area contributed by atoms with Gasteiger partial charge < -0.3 is 5.32 Å².